The molecule has 4 amide bonds. The molecule has 2 fully saturated rings. The lowest BCUT2D eigenvalue weighted by Crippen LogP contribution is -2.42. The predicted octanol–water partition coefficient (Wildman–Crippen LogP) is 21.0. The van der Waals surface area contributed by atoms with Gasteiger partial charge in [0.05, 0.1) is 43.9 Å². The van der Waals surface area contributed by atoms with E-state index in [4.69, 9.17) is 116 Å². The first-order valence-electron chi connectivity index (χ1n) is 39.6. The second kappa shape index (κ2) is 44.6. The van der Waals surface area contributed by atoms with E-state index in [0.717, 1.165) is 114 Å². The van der Waals surface area contributed by atoms with Crippen LogP contribution >= 0.6 is 81.2 Å². The van der Waals surface area contributed by atoms with Crippen LogP contribution in [0.4, 0.5) is 23.3 Å². The number of benzene rings is 8. The third-order valence-electron chi connectivity index (χ3n) is 19.6. The van der Waals surface area contributed by atoms with E-state index in [1.807, 2.05) is 136 Å². The van der Waals surface area contributed by atoms with Crippen molar-refractivity contribution in [2.75, 3.05) is 81.7 Å². The molecule has 0 bridgehead atoms. The van der Waals surface area contributed by atoms with E-state index in [1.165, 1.54) is 25.0 Å². The molecular formula is C94H87Cl7N16O8. The molecule has 31 heteroatoms. The molecule has 0 saturated carbocycles. The van der Waals surface area contributed by atoms with Gasteiger partial charge in [-0.25, -0.2) is 19.9 Å². The predicted molar refractivity (Wildman–Crippen MR) is 497 cm³/mol. The number of hydrogen-bond acceptors (Lipinski definition) is 17. The van der Waals surface area contributed by atoms with Crippen LogP contribution in [0.1, 0.15) is 117 Å². The van der Waals surface area contributed by atoms with Crippen LogP contribution in [0, 0.1) is 23.2 Å². The highest BCUT2D eigenvalue weighted by atomic mass is 35.5. The van der Waals surface area contributed by atoms with Gasteiger partial charge in [0.2, 0.25) is 0 Å². The second-order valence-electron chi connectivity index (χ2n) is 29.1. The summed E-state index contributed by atoms with van der Waals surface area (Å²) < 4.78 is 23.7. The zero-order valence-electron chi connectivity index (χ0n) is 68.4. The van der Waals surface area contributed by atoms with Gasteiger partial charge in [0, 0.05) is 121 Å². The fourth-order valence-corrected chi connectivity index (χ4v) is 13.7. The molecule has 0 spiro atoms. The van der Waals surface area contributed by atoms with Crippen molar-refractivity contribution in [1.29, 1.82) is 16.2 Å². The van der Waals surface area contributed by atoms with Gasteiger partial charge in [-0.1, -0.05) is 184 Å². The highest BCUT2D eigenvalue weighted by molar-refractivity contribution is 6.33. The minimum Gasteiger partial charge on any atom is -0.488 e. The minimum absolute atomic E-state index is 0.261. The number of aromatic nitrogens is 4. The molecule has 0 atom stereocenters. The summed E-state index contributed by atoms with van der Waals surface area (Å²) in [6, 6.07) is 64.2. The third kappa shape index (κ3) is 26.7. The smallest absolute Gasteiger partial charge is 0.260 e. The number of halogens is 7. The van der Waals surface area contributed by atoms with Crippen molar-refractivity contribution in [3.05, 3.63) is 351 Å². The number of nitrogens with one attached hydrogen (secondary N) is 7. The Morgan fingerprint density at radius 1 is 0.368 bits per heavy atom. The van der Waals surface area contributed by atoms with Gasteiger partial charge in [-0.3, -0.25) is 40.4 Å². The summed E-state index contributed by atoms with van der Waals surface area (Å²) in [5.74, 6) is 4.33. The lowest BCUT2D eigenvalue weighted by molar-refractivity contribution is 0.101. The number of piperidine rings is 1. The zero-order chi connectivity index (χ0) is 88.5. The molecule has 7 N–H and O–H groups in total. The van der Waals surface area contributed by atoms with E-state index in [9.17, 15) is 19.2 Å². The maximum absolute atomic E-state index is 12.8. The number of hydrogen-bond donors (Lipinski definition) is 7. The Balaban J connectivity index is 0.000000152. The molecule has 15 rings (SSSR count). The van der Waals surface area contributed by atoms with Gasteiger partial charge in [0.1, 0.15) is 96.0 Å². The number of ether oxygens (including phenoxy) is 4. The number of likely N-dealkylation sites (N-methyl/N-ethyl adjacent to an activating group) is 1. The molecule has 0 unspecified atom stereocenters. The molecule has 0 aliphatic carbocycles. The normalized spacial score (nSPS) is 12.5. The van der Waals surface area contributed by atoms with Crippen molar-refractivity contribution in [3.63, 3.8) is 0 Å². The standard InChI is InChI=1S/C26H27ClN4O2.2C23H20Cl2N4O2.C22H20Cl2N4O2/c1-18-5-12-24(29-16-18)30-26(32)22-15-21(27)10-11-23(22)33-17-19-6-8-20(9-7-19)25(28)31-13-3-2-4-14-31;1-29-11-10-26-22(29)16-4-2-15(3-5-16)14-31-20-8-6-17(24)12-19(20)23(30)28-21-9-7-18(25)13-27-21;24-17-6-8-20(19(12-17)23(30)28-21-9-7-18(25)13-27-21)31-14-15-2-4-16(5-3-15)22(26)29-10-1-11-29;1-28(2)21(25)15-5-3-14(4-6-15)13-30-19-9-7-16(23)11-18(19)22(29)27-20-10-8-17(24)12-26-20/h5-12,15-16,28H,2-4,13-14,17H2,1H3,(H,29,30,32);2-9,12-13H,10-11,14H2,1H3,(H,27,28,30);2-9,12-13,26H,1,10-11,14H2,(H,27,28,30);3-12,25H,13H2,1-2H3,(H,26,27,29). The zero-order valence-corrected chi connectivity index (χ0v) is 73.7. The van der Waals surface area contributed by atoms with Crippen molar-refractivity contribution in [2.24, 2.45) is 4.99 Å². The topological polar surface area (TPSA) is 302 Å². The molecule has 3 aliphatic rings. The third-order valence-corrected chi connectivity index (χ3v) is 21.2. The Bertz CT molecular complexity index is 5820. The van der Waals surface area contributed by atoms with Crippen LogP contribution in [0.25, 0.3) is 0 Å². The van der Waals surface area contributed by atoms with Crippen LogP contribution in [0.15, 0.2) is 248 Å². The van der Waals surface area contributed by atoms with Crippen molar-refractivity contribution in [3.8, 4) is 23.0 Å². The van der Waals surface area contributed by atoms with E-state index in [1.54, 1.807) is 126 Å². The first-order valence-corrected chi connectivity index (χ1v) is 42.2. The van der Waals surface area contributed by atoms with E-state index in [-0.39, 0.29) is 30.9 Å². The number of pyridine rings is 4. The number of amides is 4. The Morgan fingerprint density at radius 2 is 0.672 bits per heavy atom. The van der Waals surface area contributed by atoms with Gasteiger partial charge < -0.3 is 59.8 Å². The number of anilines is 4. The lowest BCUT2D eigenvalue weighted by Gasteiger charge is -2.33. The van der Waals surface area contributed by atoms with Crippen LogP contribution in [0.2, 0.25) is 35.2 Å². The van der Waals surface area contributed by atoms with Crippen LogP contribution in [0.3, 0.4) is 0 Å². The molecule has 12 aromatic rings. The van der Waals surface area contributed by atoms with Crippen LogP contribution < -0.4 is 40.2 Å². The van der Waals surface area contributed by atoms with Crippen molar-refractivity contribution in [1.82, 2.24) is 39.5 Å². The van der Waals surface area contributed by atoms with Crippen molar-refractivity contribution < 1.29 is 38.1 Å². The van der Waals surface area contributed by atoms with E-state index in [0.29, 0.717) is 134 Å². The van der Waals surface area contributed by atoms with E-state index >= 15 is 0 Å². The Morgan fingerprint density at radius 3 is 0.952 bits per heavy atom. The summed E-state index contributed by atoms with van der Waals surface area (Å²) in [4.78, 5) is 80.1. The molecule has 2 saturated heterocycles. The maximum atomic E-state index is 12.8. The second-order valence-corrected chi connectivity index (χ2v) is 32.1. The van der Waals surface area contributed by atoms with Gasteiger partial charge in [0.15, 0.2) is 0 Å². The monoisotopic (exact) mass is 1810 g/mol. The summed E-state index contributed by atoms with van der Waals surface area (Å²) >= 11 is 41.9. The molecule has 3 aliphatic heterocycles. The average Bonchev–Trinajstić information content (AvgIpc) is 1.84. The number of nitrogens with zero attached hydrogens (tertiary/aromatic N) is 9. The highest BCUT2D eigenvalue weighted by Gasteiger charge is 2.24. The molecular weight excluding hydrogens is 1730 g/mol. The van der Waals surface area contributed by atoms with E-state index in [2.05, 4.69) is 56.0 Å². The Kier molecular flexibility index (Phi) is 32.7. The average molecular weight is 1820 g/mol. The SMILES string of the molecule is CN(C)C(=N)c1ccc(COc2ccc(Cl)cc2C(=O)Nc2ccc(Cl)cn2)cc1.CN1CCN=C1c1ccc(COc2ccc(Cl)cc2C(=O)Nc2ccc(Cl)cn2)cc1.Cc1ccc(NC(=O)c2cc(Cl)ccc2OCc2ccc(C(=N)N3CCCCC3)cc2)nc1.N=C(c1ccc(COc2ccc(Cl)cc2C(=O)Nc2ccc(Cl)cn2)cc1)N1CCC1. The fourth-order valence-electron chi connectivity index (χ4n) is 12.6. The van der Waals surface area contributed by atoms with Crippen molar-refractivity contribution >= 4 is 151 Å². The summed E-state index contributed by atoms with van der Waals surface area (Å²) in [5.41, 5.74) is 9.71. The lowest BCUT2D eigenvalue weighted by atomic mass is 10.1. The summed E-state index contributed by atoms with van der Waals surface area (Å²) in [6.07, 6.45) is 10.7. The molecule has 7 heterocycles. The number of carbonyl (C=O) groups excluding carboxylic acids is 4. The molecule has 125 heavy (non-hydrogen) atoms. The Hall–Kier alpha value is -12.7. The largest absolute Gasteiger partial charge is 0.488 e. The molecule has 640 valence electrons. The maximum Gasteiger partial charge on any atom is 0.260 e. The number of aliphatic imine (C=N–C) groups is 1. The highest BCUT2D eigenvalue weighted by Crippen LogP contribution is 2.32. The van der Waals surface area contributed by atoms with Gasteiger partial charge in [0.25, 0.3) is 23.6 Å². The number of amidine groups is 4. The summed E-state index contributed by atoms with van der Waals surface area (Å²) in [6.45, 7) is 8.61. The quantitative estimate of drug-likeness (QED) is 0.0218. The number of aryl methyl sites for hydroxylation is 1. The molecule has 4 aromatic heterocycles. The molecule has 0 radical (unpaired) electrons. The van der Waals surface area contributed by atoms with E-state index < -0.39 is 5.91 Å². The van der Waals surface area contributed by atoms with Crippen molar-refractivity contribution in [2.45, 2.75) is 59.0 Å². The van der Waals surface area contributed by atoms with Gasteiger partial charge in [-0.05, 0) is 176 Å². The first kappa shape index (κ1) is 91.6. The minimum atomic E-state index is -0.392. The summed E-state index contributed by atoms with van der Waals surface area (Å²) in [7, 11) is 5.69. The van der Waals surface area contributed by atoms with Gasteiger partial charge >= 0.3 is 0 Å². The Labute approximate surface area is 759 Å². The number of likely N-dealkylation sites (tertiary alicyclic amines) is 2. The van der Waals surface area contributed by atoms with Crippen LogP contribution in [-0.2, 0) is 26.4 Å². The number of carbonyl (C=O) groups is 4. The first-order chi connectivity index (χ1) is 60.3. The fraction of sp³-hybridized carbons (Fsp3) is 0.191. The molecule has 8 aromatic carbocycles. The van der Waals surface area contributed by atoms with Crippen LogP contribution in [-0.4, -0.2) is 147 Å². The number of rotatable bonds is 24. The van der Waals surface area contributed by atoms with Gasteiger partial charge in [-0.2, -0.15) is 0 Å². The summed E-state index contributed by atoms with van der Waals surface area (Å²) in [5, 5.41) is 38.8. The molecule has 24 nitrogen and oxygen atoms in total. The van der Waals surface area contributed by atoms with Crippen LogP contribution in [0.5, 0.6) is 23.0 Å². The van der Waals surface area contributed by atoms with Gasteiger partial charge in [-0.15, -0.1) is 0 Å².